The number of ether oxygens (including phenoxy) is 2. The van der Waals surface area contributed by atoms with Crippen molar-refractivity contribution in [1.82, 2.24) is 9.29 Å². The van der Waals surface area contributed by atoms with Gasteiger partial charge in [-0.15, -0.1) is 0 Å². The SMILES string of the molecule is O=S(=O)(NCC1=N[C@@H](c2ccccc2)c2ccccc2-n2cccc21)c1ccc2c(c1)OCCO2. The Morgan fingerprint density at radius 2 is 1.66 bits per heavy atom. The van der Waals surface area contributed by atoms with Crippen LogP contribution in [0, 0.1) is 0 Å². The van der Waals surface area contributed by atoms with Crippen molar-refractivity contribution in [2.24, 2.45) is 4.99 Å². The Hall–Kier alpha value is -3.88. The normalized spacial score (nSPS) is 16.6. The van der Waals surface area contributed by atoms with Crippen LogP contribution < -0.4 is 14.2 Å². The summed E-state index contributed by atoms with van der Waals surface area (Å²) in [5.41, 5.74) is 4.62. The first-order valence-corrected chi connectivity index (χ1v) is 12.9. The number of aromatic nitrogens is 1. The van der Waals surface area contributed by atoms with Gasteiger partial charge in [-0.25, -0.2) is 13.1 Å². The number of para-hydroxylation sites is 1. The Bertz CT molecular complexity index is 1530. The van der Waals surface area contributed by atoms with Gasteiger partial charge < -0.3 is 14.0 Å². The van der Waals surface area contributed by atoms with Crippen molar-refractivity contribution < 1.29 is 17.9 Å². The molecule has 0 unspecified atom stereocenters. The van der Waals surface area contributed by atoms with Gasteiger partial charge in [-0.1, -0.05) is 48.5 Å². The predicted molar refractivity (Wildman–Crippen MR) is 133 cm³/mol. The zero-order chi connectivity index (χ0) is 23.8. The third kappa shape index (κ3) is 4.00. The molecular formula is C27H23N3O4S. The van der Waals surface area contributed by atoms with Crippen LogP contribution in [-0.4, -0.2) is 38.5 Å². The molecule has 0 amide bonds. The highest BCUT2D eigenvalue weighted by atomic mass is 32.2. The molecule has 176 valence electrons. The summed E-state index contributed by atoms with van der Waals surface area (Å²) in [6.07, 6.45) is 1.98. The second-order valence-corrected chi connectivity index (χ2v) is 10.1. The van der Waals surface area contributed by atoms with E-state index in [1.807, 2.05) is 60.8 Å². The first-order chi connectivity index (χ1) is 17.1. The van der Waals surface area contributed by atoms with Gasteiger partial charge in [0, 0.05) is 17.8 Å². The Morgan fingerprint density at radius 3 is 2.51 bits per heavy atom. The average molecular weight is 486 g/mol. The molecule has 8 heteroatoms. The van der Waals surface area contributed by atoms with Gasteiger partial charge in [0.05, 0.1) is 28.5 Å². The lowest BCUT2D eigenvalue weighted by Crippen LogP contribution is -2.31. The Labute approximate surface area is 203 Å². The molecule has 7 nitrogen and oxygen atoms in total. The molecule has 35 heavy (non-hydrogen) atoms. The van der Waals surface area contributed by atoms with E-state index in [4.69, 9.17) is 14.5 Å². The monoisotopic (exact) mass is 485 g/mol. The minimum absolute atomic E-state index is 0.0398. The number of fused-ring (bicyclic) bond motifs is 4. The molecule has 0 saturated heterocycles. The maximum atomic E-state index is 13.2. The second-order valence-electron chi connectivity index (χ2n) is 8.34. The molecule has 1 aromatic heterocycles. The van der Waals surface area contributed by atoms with Crippen LogP contribution in [0.1, 0.15) is 22.9 Å². The fourth-order valence-electron chi connectivity index (χ4n) is 4.52. The van der Waals surface area contributed by atoms with E-state index < -0.39 is 10.0 Å². The summed E-state index contributed by atoms with van der Waals surface area (Å²) < 4.78 is 42.3. The summed E-state index contributed by atoms with van der Waals surface area (Å²) in [5, 5.41) is 0. The molecule has 0 saturated carbocycles. The highest BCUT2D eigenvalue weighted by molar-refractivity contribution is 7.89. The zero-order valence-corrected chi connectivity index (χ0v) is 19.6. The number of hydrogen-bond acceptors (Lipinski definition) is 5. The van der Waals surface area contributed by atoms with Crippen LogP contribution in [-0.2, 0) is 10.0 Å². The van der Waals surface area contributed by atoms with E-state index in [0.29, 0.717) is 30.4 Å². The largest absolute Gasteiger partial charge is 0.486 e. The number of sulfonamides is 1. The van der Waals surface area contributed by atoms with Crippen LogP contribution in [0.3, 0.4) is 0 Å². The van der Waals surface area contributed by atoms with Crippen molar-refractivity contribution in [2.75, 3.05) is 19.8 Å². The molecule has 1 N–H and O–H groups in total. The average Bonchev–Trinajstić information content (AvgIpc) is 3.34. The quantitative estimate of drug-likeness (QED) is 0.461. The van der Waals surface area contributed by atoms with Crippen molar-refractivity contribution in [3.8, 4) is 17.2 Å². The smallest absolute Gasteiger partial charge is 0.241 e. The number of nitrogens with zero attached hydrogens (tertiary/aromatic N) is 2. The van der Waals surface area contributed by atoms with Crippen LogP contribution in [0.5, 0.6) is 11.5 Å². The van der Waals surface area contributed by atoms with Crippen LogP contribution in [0.15, 0.2) is 101 Å². The van der Waals surface area contributed by atoms with Gasteiger partial charge in [-0.3, -0.25) is 4.99 Å². The number of nitrogens with one attached hydrogen (secondary N) is 1. The van der Waals surface area contributed by atoms with E-state index >= 15 is 0 Å². The highest BCUT2D eigenvalue weighted by Gasteiger charge is 2.26. The summed E-state index contributed by atoms with van der Waals surface area (Å²) in [6.45, 7) is 0.874. The number of hydrogen-bond donors (Lipinski definition) is 1. The summed E-state index contributed by atoms with van der Waals surface area (Å²) >= 11 is 0. The van der Waals surface area contributed by atoms with Gasteiger partial charge in [0.25, 0.3) is 0 Å². The van der Waals surface area contributed by atoms with Gasteiger partial charge >= 0.3 is 0 Å². The van der Waals surface area contributed by atoms with Crippen molar-refractivity contribution >= 4 is 15.7 Å². The zero-order valence-electron chi connectivity index (χ0n) is 18.8. The Kier molecular flexibility index (Phi) is 5.39. The fraction of sp³-hybridized carbons (Fsp3) is 0.148. The van der Waals surface area contributed by atoms with Crippen molar-refractivity contribution in [2.45, 2.75) is 10.9 Å². The predicted octanol–water partition coefficient (Wildman–Crippen LogP) is 4.12. The molecule has 4 aromatic rings. The Morgan fingerprint density at radius 1 is 0.886 bits per heavy atom. The van der Waals surface area contributed by atoms with E-state index in [9.17, 15) is 8.42 Å². The van der Waals surface area contributed by atoms with Crippen molar-refractivity contribution in [3.63, 3.8) is 0 Å². The molecule has 3 heterocycles. The lowest BCUT2D eigenvalue weighted by molar-refractivity contribution is 0.171. The molecule has 3 aromatic carbocycles. The van der Waals surface area contributed by atoms with Gasteiger partial charge in [-0.2, -0.15) is 0 Å². The third-order valence-corrected chi connectivity index (χ3v) is 7.59. The molecule has 0 bridgehead atoms. The minimum Gasteiger partial charge on any atom is -0.486 e. The molecule has 6 rings (SSSR count). The maximum absolute atomic E-state index is 13.2. The van der Waals surface area contributed by atoms with E-state index in [1.54, 1.807) is 6.07 Å². The molecule has 2 aliphatic rings. The first-order valence-electron chi connectivity index (χ1n) is 11.4. The number of aliphatic imine (C=N–C) groups is 1. The lowest BCUT2D eigenvalue weighted by atomic mass is 9.98. The minimum atomic E-state index is -3.82. The number of rotatable bonds is 5. The lowest BCUT2D eigenvalue weighted by Gasteiger charge is -2.19. The van der Waals surface area contributed by atoms with E-state index in [-0.39, 0.29) is 17.5 Å². The highest BCUT2D eigenvalue weighted by Crippen LogP contribution is 2.35. The van der Waals surface area contributed by atoms with Gasteiger partial charge in [-0.05, 0) is 35.9 Å². The topological polar surface area (TPSA) is 81.9 Å². The molecule has 0 spiro atoms. The van der Waals surface area contributed by atoms with E-state index in [0.717, 1.165) is 22.5 Å². The third-order valence-electron chi connectivity index (χ3n) is 6.19. The van der Waals surface area contributed by atoms with Gasteiger partial charge in [0.2, 0.25) is 10.0 Å². The molecule has 0 aliphatic carbocycles. The van der Waals surface area contributed by atoms with Crippen LogP contribution in [0.25, 0.3) is 5.69 Å². The van der Waals surface area contributed by atoms with Crippen LogP contribution in [0.4, 0.5) is 0 Å². The van der Waals surface area contributed by atoms with Gasteiger partial charge in [0.1, 0.15) is 19.3 Å². The molecule has 2 aliphatic heterocycles. The van der Waals surface area contributed by atoms with Gasteiger partial charge in [0.15, 0.2) is 11.5 Å². The van der Waals surface area contributed by atoms with E-state index in [1.165, 1.54) is 12.1 Å². The summed E-state index contributed by atoms with van der Waals surface area (Å²) in [7, 11) is -3.82. The molecule has 0 radical (unpaired) electrons. The second kappa shape index (κ2) is 8.72. The van der Waals surface area contributed by atoms with Crippen LogP contribution in [0.2, 0.25) is 0 Å². The summed E-state index contributed by atoms with van der Waals surface area (Å²) in [6, 6.07) is 26.5. The molecule has 1 atom stereocenters. The number of benzene rings is 3. The summed E-state index contributed by atoms with van der Waals surface area (Å²) in [4.78, 5) is 5.21. The Balaban J connectivity index is 1.37. The van der Waals surface area contributed by atoms with E-state index in [2.05, 4.69) is 21.4 Å². The van der Waals surface area contributed by atoms with Crippen molar-refractivity contribution in [1.29, 1.82) is 0 Å². The maximum Gasteiger partial charge on any atom is 0.241 e. The molecular weight excluding hydrogens is 462 g/mol. The summed E-state index contributed by atoms with van der Waals surface area (Å²) in [5.74, 6) is 0.976. The fourth-order valence-corrected chi connectivity index (χ4v) is 5.52. The standard InChI is InChI=1S/C27H23N3O4S/c31-35(32,20-12-13-25-26(17-20)34-16-15-33-25)28-18-22-24-11-6-14-30(24)23-10-5-4-9-21(23)27(29-22)19-7-2-1-3-8-19/h1-14,17,27-28H,15-16,18H2/t27-/m0/s1. The first kappa shape index (κ1) is 21.6. The van der Waals surface area contributed by atoms with Crippen molar-refractivity contribution in [3.05, 3.63) is 108 Å². The molecule has 0 fully saturated rings. The van der Waals surface area contributed by atoms with Crippen LogP contribution >= 0.6 is 0 Å².